The van der Waals surface area contributed by atoms with E-state index in [2.05, 4.69) is 9.05 Å². The molecule has 0 amide bonds. The molecule has 0 heterocycles. The first kappa shape index (κ1) is 14.2. The lowest BCUT2D eigenvalue weighted by Gasteiger charge is -1.99. The molecule has 0 radical (unpaired) electrons. The lowest BCUT2D eigenvalue weighted by molar-refractivity contribution is 0.302. The molecule has 15 heavy (non-hydrogen) atoms. The van der Waals surface area contributed by atoms with E-state index in [4.69, 9.17) is 4.74 Å². The first-order valence-electron chi connectivity index (χ1n) is 4.54. The fraction of sp³-hybridized carbons (Fsp3) is 0.400. The van der Waals surface area contributed by atoms with Crippen LogP contribution in [0.3, 0.4) is 0 Å². The maximum atomic E-state index is 9.92. The Kier molecular flexibility index (Phi) is 9.18. The summed E-state index contributed by atoms with van der Waals surface area (Å²) >= 11 is 0. The summed E-state index contributed by atoms with van der Waals surface area (Å²) in [6.07, 6.45) is 0. The molecule has 86 valence electrons. The molecule has 0 aromatic heterocycles. The van der Waals surface area contributed by atoms with Crippen LogP contribution in [-0.2, 0) is 13.6 Å². The van der Waals surface area contributed by atoms with Gasteiger partial charge in [0.1, 0.15) is 5.75 Å². The molecule has 1 aromatic rings. The smallest absolute Gasteiger partial charge is 0.318 e. The number of hydrogen-bond donors (Lipinski definition) is 0. The molecule has 1 rings (SSSR count). The second-order valence-corrected chi connectivity index (χ2v) is 3.72. The van der Waals surface area contributed by atoms with E-state index in [-0.39, 0.29) is 0 Å². The van der Waals surface area contributed by atoms with Crippen molar-refractivity contribution in [3.63, 3.8) is 0 Å². The van der Waals surface area contributed by atoms with Crippen molar-refractivity contribution in [1.82, 2.24) is 0 Å². The van der Waals surface area contributed by atoms with Crippen LogP contribution in [0.4, 0.5) is 0 Å². The average molecular weight is 232 g/mol. The molecule has 5 heteroatoms. The summed E-state index contributed by atoms with van der Waals surface area (Å²) in [6, 6.07) is 9.80. The summed E-state index contributed by atoms with van der Waals surface area (Å²) in [5.74, 6) is 0.944. The van der Waals surface area contributed by atoms with E-state index >= 15 is 0 Å². The van der Waals surface area contributed by atoms with Crippen LogP contribution in [0.1, 0.15) is 6.92 Å². The highest BCUT2D eigenvalue weighted by atomic mass is 31.1. The zero-order valence-corrected chi connectivity index (χ0v) is 10.2. The summed E-state index contributed by atoms with van der Waals surface area (Å²) in [6.45, 7) is 2.72. The van der Waals surface area contributed by atoms with Crippen molar-refractivity contribution in [2.75, 3.05) is 20.8 Å². The predicted octanol–water partition coefficient (Wildman–Crippen LogP) is 2.75. The number of rotatable bonds is 4. The molecule has 0 N–H and O–H groups in total. The van der Waals surface area contributed by atoms with Gasteiger partial charge in [-0.25, -0.2) is 0 Å². The Labute approximate surface area is 91.1 Å². The van der Waals surface area contributed by atoms with Gasteiger partial charge in [0.05, 0.1) is 6.61 Å². The van der Waals surface area contributed by atoms with Gasteiger partial charge in [-0.1, -0.05) is 18.2 Å². The normalized spacial score (nSPS) is 9.33. The summed E-state index contributed by atoms with van der Waals surface area (Å²) in [5.41, 5.74) is 0. The van der Waals surface area contributed by atoms with Crippen LogP contribution < -0.4 is 4.74 Å². The van der Waals surface area contributed by atoms with Crippen molar-refractivity contribution in [1.29, 1.82) is 0 Å². The second kappa shape index (κ2) is 9.71. The summed E-state index contributed by atoms with van der Waals surface area (Å²) < 4.78 is 23.6. The zero-order chi connectivity index (χ0) is 11.5. The minimum absolute atomic E-state index is 0.740. The molecule has 0 atom stereocenters. The topological polar surface area (TPSA) is 44.8 Å². The van der Waals surface area contributed by atoms with E-state index in [1.807, 2.05) is 37.3 Å². The van der Waals surface area contributed by atoms with E-state index in [1.54, 1.807) is 0 Å². The highest BCUT2D eigenvalue weighted by molar-refractivity contribution is 7.33. The quantitative estimate of drug-likeness (QED) is 0.749. The minimum atomic E-state index is -2.12. The van der Waals surface area contributed by atoms with Crippen LogP contribution in [0.5, 0.6) is 5.75 Å². The van der Waals surface area contributed by atoms with Gasteiger partial charge in [0, 0.05) is 14.2 Å². The Hall–Kier alpha value is -0.830. The van der Waals surface area contributed by atoms with Crippen LogP contribution >= 0.6 is 8.25 Å². The lowest BCUT2D eigenvalue weighted by atomic mass is 10.3. The van der Waals surface area contributed by atoms with E-state index in [0.717, 1.165) is 12.4 Å². The van der Waals surface area contributed by atoms with Crippen molar-refractivity contribution in [3.05, 3.63) is 30.3 Å². The maximum absolute atomic E-state index is 9.92. The fourth-order valence-electron chi connectivity index (χ4n) is 0.767. The minimum Gasteiger partial charge on any atom is -0.494 e. The Morgan fingerprint density at radius 3 is 2.00 bits per heavy atom. The number of ether oxygens (including phenoxy) is 1. The molecular formula is C10H17O4P. The number of hydrogen-bond acceptors (Lipinski definition) is 4. The molecule has 4 nitrogen and oxygen atoms in total. The Morgan fingerprint density at radius 1 is 1.13 bits per heavy atom. The summed E-state index contributed by atoms with van der Waals surface area (Å²) in [4.78, 5) is 0. The van der Waals surface area contributed by atoms with Gasteiger partial charge in [-0.15, -0.1) is 0 Å². The largest absolute Gasteiger partial charge is 0.494 e. The molecule has 0 aliphatic heterocycles. The molecule has 0 bridgehead atoms. The highest BCUT2D eigenvalue weighted by Gasteiger charge is 1.84. The van der Waals surface area contributed by atoms with Crippen LogP contribution in [-0.4, -0.2) is 20.8 Å². The van der Waals surface area contributed by atoms with Gasteiger partial charge in [0.25, 0.3) is 0 Å². The molecule has 0 unspecified atom stereocenters. The molecule has 0 aliphatic rings. The van der Waals surface area contributed by atoms with E-state index < -0.39 is 8.25 Å². The SMILES string of the molecule is CCOc1ccccc1.CO[PH](=O)OC. The fourth-order valence-corrected chi connectivity index (χ4v) is 0.933. The molecule has 1 aromatic carbocycles. The van der Waals surface area contributed by atoms with Crippen LogP contribution in [0.25, 0.3) is 0 Å². The third-order valence-corrected chi connectivity index (χ3v) is 2.05. The number of para-hydroxylation sites is 1. The summed E-state index contributed by atoms with van der Waals surface area (Å²) in [7, 11) is 0.558. The van der Waals surface area contributed by atoms with Gasteiger partial charge in [-0.2, -0.15) is 0 Å². The average Bonchev–Trinajstić information content (AvgIpc) is 2.31. The second-order valence-electron chi connectivity index (χ2n) is 2.40. The third-order valence-electron chi connectivity index (χ3n) is 1.39. The van der Waals surface area contributed by atoms with Crippen molar-refractivity contribution in [3.8, 4) is 5.75 Å². The number of benzene rings is 1. The molecule has 0 spiro atoms. The Balaban J connectivity index is 0.000000288. The van der Waals surface area contributed by atoms with Crippen LogP contribution in [0, 0.1) is 0 Å². The first-order chi connectivity index (χ1) is 7.24. The predicted molar refractivity (Wildman–Crippen MR) is 60.6 cm³/mol. The van der Waals surface area contributed by atoms with Crippen LogP contribution in [0.2, 0.25) is 0 Å². The molecule has 0 saturated heterocycles. The molecule has 0 fully saturated rings. The summed E-state index contributed by atoms with van der Waals surface area (Å²) in [5, 5.41) is 0. The standard InChI is InChI=1S/C8H10O.C2H7O3P/c1-2-9-8-6-4-3-5-7-8;1-4-6(3)5-2/h3-7H,2H2,1H3;6H,1-2H3. The highest BCUT2D eigenvalue weighted by Crippen LogP contribution is 2.18. The van der Waals surface area contributed by atoms with E-state index in [9.17, 15) is 4.57 Å². The van der Waals surface area contributed by atoms with Gasteiger partial charge < -0.3 is 13.8 Å². The van der Waals surface area contributed by atoms with E-state index in [0.29, 0.717) is 0 Å². The molecule has 0 aliphatic carbocycles. The van der Waals surface area contributed by atoms with Crippen molar-refractivity contribution < 1.29 is 18.3 Å². The van der Waals surface area contributed by atoms with Crippen molar-refractivity contribution in [2.45, 2.75) is 6.92 Å². The first-order valence-corrected chi connectivity index (χ1v) is 5.76. The van der Waals surface area contributed by atoms with Crippen molar-refractivity contribution in [2.24, 2.45) is 0 Å². The Bertz CT molecular complexity index is 257. The van der Waals surface area contributed by atoms with E-state index in [1.165, 1.54) is 14.2 Å². The van der Waals surface area contributed by atoms with Crippen molar-refractivity contribution >= 4 is 8.25 Å². The zero-order valence-electron chi connectivity index (χ0n) is 9.23. The lowest BCUT2D eigenvalue weighted by Crippen LogP contribution is -1.89. The van der Waals surface area contributed by atoms with Gasteiger partial charge >= 0.3 is 8.25 Å². The van der Waals surface area contributed by atoms with Gasteiger partial charge in [-0.05, 0) is 19.1 Å². The van der Waals surface area contributed by atoms with Gasteiger partial charge in [0.2, 0.25) is 0 Å². The monoisotopic (exact) mass is 232 g/mol. The maximum Gasteiger partial charge on any atom is 0.318 e. The van der Waals surface area contributed by atoms with Gasteiger partial charge in [0.15, 0.2) is 0 Å². The Morgan fingerprint density at radius 2 is 1.67 bits per heavy atom. The third kappa shape index (κ3) is 8.18. The van der Waals surface area contributed by atoms with Crippen LogP contribution in [0.15, 0.2) is 30.3 Å². The van der Waals surface area contributed by atoms with Gasteiger partial charge in [-0.3, -0.25) is 4.57 Å². The molecule has 0 saturated carbocycles. The molecular weight excluding hydrogens is 215 g/mol.